The summed E-state index contributed by atoms with van der Waals surface area (Å²) in [6.45, 7) is 0. The lowest BCUT2D eigenvalue weighted by molar-refractivity contribution is 0.103. The Bertz CT molecular complexity index is 1170. The number of rotatable bonds is 3. The van der Waals surface area contributed by atoms with Crippen LogP contribution in [0.2, 0.25) is 0 Å². The van der Waals surface area contributed by atoms with E-state index in [0.717, 1.165) is 10.6 Å². The molecule has 7 nitrogen and oxygen atoms in total. The molecule has 3 rings (SSSR count). The van der Waals surface area contributed by atoms with Gasteiger partial charge in [0.2, 0.25) is 0 Å². The highest BCUT2D eigenvalue weighted by molar-refractivity contribution is 9.11. The van der Waals surface area contributed by atoms with Gasteiger partial charge in [0.15, 0.2) is 5.78 Å². The molecular weight excluding hydrogens is 482 g/mol. The van der Waals surface area contributed by atoms with Gasteiger partial charge in [-0.15, -0.1) is 0 Å². The fraction of sp³-hybridized carbons (Fsp3) is 0. The summed E-state index contributed by atoms with van der Waals surface area (Å²) in [5, 5.41) is 29.3. The second kappa shape index (κ2) is 7.34. The smallest absolute Gasteiger partial charge is 0.274 e. The lowest BCUT2D eigenvalue weighted by Gasteiger charge is -2.11. The number of ketones is 1. The molecule has 3 aromatic rings. The number of benzene rings is 1. The average molecular weight is 491 g/mol. The topological polar surface area (TPSA) is 116 Å². The van der Waals surface area contributed by atoms with Crippen LogP contribution in [0.4, 0.5) is 0 Å². The third kappa shape index (κ3) is 3.37. The zero-order valence-corrected chi connectivity index (χ0v) is 16.5. The van der Waals surface area contributed by atoms with E-state index in [0.29, 0.717) is 0 Å². The largest absolute Gasteiger partial charge is 0.506 e. The van der Waals surface area contributed by atoms with Gasteiger partial charge in [-0.1, -0.05) is 6.07 Å². The molecule has 1 aromatic carbocycles. The average Bonchev–Trinajstić information content (AvgIpc) is 2.69. The van der Waals surface area contributed by atoms with Gasteiger partial charge < -0.3 is 10.2 Å². The van der Waals surface area contributed by atoms with Crippen LogP contribution in [0, 0.1) is 11.3 Å². The van der Waals surface area contributed by atoms with E-state index in [4.69, 9.17) is 0 Å². The molecule has 0 fully saturated rings. The molecular formula is C18H9Br2N3O4. The molecule has 0 bridgehead atoms. The summed E-state index contributed by atoms with van der Waals surface area (Å²) in [4.78, 5) is 29.4. The highest BCUT2D eigenvalue weighted by Crippen LogP contribution is 2.41. The standard InChI is InChI=1S/C18H9Br2N3O4/c19-12-6-11(16(25)14(20)17(12)26)15(24)10-5-9(7-21)18(27)23(8-10)13-3-1-2-4-22-13/h1-6,8,25-26H. The SMILES string of the molecule is N#Cc1cc(C(=O)c2cc(Br)c(O)c(Br)c2O)cn(-c2ccccn2)c1=O. The molecule has 2 aromatic heterocycles. The van der Waals surface area contributed by atoms with Crippen LogP contribution < -0.4 is 5.56 Å². The molecule has 0 aliphatic heterocycles. The second-order valence-electron chi connectivity index (χ2n) is 5.36. The summed E-state index contributed by atoms with van der Waals surface area (Å²) in [5.74, 6) is -1.13. The van der Waals surface area contributed by atoms with Crippen LogP contribution in [0.5, 0.6) is 11.5 Å². The summed E-state index contributed by atoms with van der Waals surface area (Å²) in [6.07, 6.45) is 2.73. The van der Waals surface area contributed by atoms with Gasteiger partial charge in [-0.3, -0.25) is 14.2 Å². The number of carbonyl (C=O) groups excluding carboxylic acids is 1. The third-order valence-corrected chi connectivity index (χ3v) is 5.06. The van der Waals surface area contributed by atoms with Crippen LogP contribution in [-0.2, 0) is 0 Å². The van der Waals surface area contributed by atoms with E-state index in [9.17, 15) is 25.1 Å². The Labute approximate surface area is 169 Å². The Balaban J connectivity index is 2.23. The van der Waals surface area contributed by atoms with Crippen molar-refractivity contribution in [2.24, 2.45) is 0 Å². The first-order chi connectivity index (χ1) is 12.8. The normalized spacial score (nSPS) is 10.4. The maximum Gasteiger partial charge on any atom is 0.274 e. The highest BCUT2D eigenvalue weighted by atomic mass is 79.9. The minimum absolute atomic E-state index is 0.00315. The zero-order valence-electron chi connectivity index (χ0n) is 13.3. The number of pyridine rings is 2. The molecule has 2 N–H and O–H groups in total. The molecule has 0 spiro atoms. The van der Waals surface area contributed by atoms with Gasteiger partial charge in [-0.25, -0.2) is 4.98 Å². The van der Waals surface area contributed by atoms with Crippen LogP contribution in [0.3, 0.4) is 0 Å². The van der Waals surface area contributed by atoms with Crippen molar-refractivity contribution in [3.8, 4) is 23.4 Å². The Morgan fingerprint density at radius 2 is 1.93 bits per heavy atom. The predicted octanol–water partition coefficient (Wildman–Crippen LogP) is 3.27. The molecule has 0 atom stereocenters. The van der Waals surface area contributed by atoms with Gasteiger partial charge in [-0.05, 0) is 56.1 Å². The summed E-state index contributed by atoms with van der Waals surface area (Å²) < 4.78 is 1.22. The first-order valence-corrected chi connectivity index (χ1v) is 8.96. The molecule has 9 heteroatoms. The van der Waals surface area contributed by atoms with Gasteiger partial charge in [0.25, 0.3) is 5.56 Å². The van der Waals surface area contributed by atoms with Crippen molar-refractivity contribution in [3.63, 3.8) is 0 Å². The number of halogens is 2. The molecule has 134 valence electrons. The monoisotopic (exact) mass is 489 g/mol. The van der Waals surface area contributed by atoms with E-state index in [2.05, 4.69) is 36.8 Å². The van der Waals surface area contributed by atoms with Crippen LogP contribution >= 0.6 is 31.9 Å². The second-order valence-corrected chi connectivity index (χ2v) is 7.01. The minimum atomic E-state index is -0.643. The minimum Gasteiger partial charge on any atom is -0.506 e. The lowest BCUT2D eigenvalue weighted by atomic mass is 10.0. The van der Waals surface area contributed by atoms with E-state index in [1.54, 1.807) is 24.3 Å². The molecule has 2 heterocycles. The number of carbonyl (C=O) groups is 1. The Hall–Kier alpha value is -2.96. The number of phenolic OH excluding ortho intramolecular Hbond substituents is 2. The van der Waals surface area contributed by atoms with Crippen LogP contribution in [0.15, 0.2) is 56.5 Å². The number of phenols is 2. The van der Waals surface area contributed by atoms with Crippen molar-refractivity contribution < 1.29 is 15.0 Å². The van der Waals surface area contributed by atoms with Gasteiger partial charge >= 0.3 is 0 Å². The van der Waals surface area contributed by atoms with Crippen molar-refractivity contribution >= 4 is 37.6 Å². The molecule has 0 radical (unpaired) electrons. The molecule has 0 amide bonds. The number of hydrogen-bond acceptors (Lipinski definition) is 6. The number of hydrogen-bond donors (Lipinski definition) is 2. The van der Waals surface area contributed by atoms with E-state index in [1.807, 2.05) is 0 Å². The maximum atomic E-state index is 12.9. The lowest BCUT2D eigenvalue weighted by Crippen LogP contribution is -2.23. The Morgan fingerprint density at radius 3 is 2.56 bits per heavy atom. The predicted molar refractivity (Wildman–Crippen MR) is 103 cm³/mol. The van der Waals surface area contributed by atoms with Gasteiger partial charge in [0.05, 0.1) is 10.0 Å². The van der Waals surface area contributed by atoms with Crippen molar-refractivity contribution in [1.82, 2.24) is 9.55 Å². The molecule has 0 saturated heterocycles. The number of nitriles is 1. The van der Waals surface area contributed by atoms with Crippen molar-refractivity contribution in [3.05, 3.63) is 78.7 Å². The maximum absolute atomic E-state index is 12.9. The van der Waals surface area contributed by atoms with Gasteiger partial charge in [-0.2, -0.15) is 5.26 Å². The quantitative estimate of drug-likeness (QED) is 0.544. The molecule has 0 aliphatic carbocycles. The molecule has 0 aliphatic rings. The summed E-state index contributed by atoms with van der Waals surface area (Å²) in [5.41, 5.74) is -0.994. The first kappa shape index (κ1) is 18.8. The molecule has 0 saturated carbocycles. The van der Waals surface area contributed by atoms with Crippen molar-refractivity contribution in [1.29, 1.82) is 5.26 Å². The number of nitrogens with zero attached hydrogens (tertiary/aromatic N) is 3. The summed E-state index contributed by atoms with van der Waals surface area (Å²) >= 11 is 6.11. The van der Waals surface area contributed by atoms with Gasteiger partial charge in [0, 0.05) is 18.0 Å². The van der Waals surface area contributed by atoms with E-state index in [1.165, 1.54) is 18.5 Å². The Morgan fingerprint density at radius 1 is 1.19 bits per heavy atom. The summed E-state index contributed by atoms with van der Waals surface area (Å²) in [7, 11) is 0. The van der Waals surface area contributed by atoms with Crippen LogP contribution in [0.25, 0.3) is 5.82 Å². The molecule has 0 unspecified atom stereocenters. The van der Waals surface area contributed by atoms with Crippen molar-refractivity contribution in [2.45, 2.75) is 0 Å². The fourth-order valence-corrected chi connectivity index (χ4v) is 3.50. The van der Waals surface area contributed by atoms with Crippen molar-refractivity contribution in [2.75, 3.05) is 0 Å². The van der Waals surface area contributed by atoms with Gasteiger partial charge in [0.1, 0.15) is 33.4 Å². The zero-order chi connectivity index (χ0) is 19.7. The first-order valence-electron chi connectivity index (χ1n) is 7.38. The Kier molecular flexibility index (Phi) is 5.12. The van der Waals surface area contributed by atoms with E-state index >= 15 is 0 Å². The van der Waals surface area contributed by atoms with Crippen LogP contribution in [0.1, 0.15) is 21.5 Å². The summed E-state index contributed by atoms with van der Waals surface area (Å²) in [6, 6.07) is 9.05. The number of aromatic hydroxyl groups is 2. The van der Waals surface area contributed by atoms with E-state index < -0.39 is 17.1 Å². The molecule has 27 heavy (non-hydrogen) atoms. The fourth-order valence-electron chi connectivity index (χ4n) is 2.38. The van der Waals surface area contributed by atoms with E-state index in [-0.39, 0.29) is 37.2 Å². The third-order valence-electron chi connectivity index (χ3n) is 3.71. The highest BCUT2D eigenvalue weighted by Gasteiger charge is 2.22. The number of aromatic nitrogens is 2. The van der Waals surface area contributed by atoms with Crippen LogP contribution in [-0.4, -0.2) is 25.5 Å².